The van der Waals surface area contributed by atoms with E-state index in [0.29, 0.717) is 32.1 Å². The van der Waals surface area contributed by atoms with Crippen LogP contribution in [0.1, 0.15) is 15.9 Å². The number of nitrogens with zero attached hydrogens (tertiary/aromatic N) is 1. The second-order valence-electron chi connectivity index (χ2n) is 6.07. The van der Waals surface area contributed by atoms with Gasteiger partial charge in [-0.05, 0) is 76.1 Å². The molecule has 0 atom stereocenters. The summed E-state index contributed by atoms with van der Waals surface area (Å²) in [6.07, 6.45) is 1.46. The molecule has 3 aromatic rings. The zero-order valence-electron chi connectivity index (χ0n) is 15.4. The Morgan fingerprint density at radius 1 is 1.00 bits per heavy atom. The normalized spacial score (nSPS) is 10.8. The predicted molar refractivity (Wildman–Crippen MR) is 119 cm³/mol. The van der Waals surface area contributed by atoms with E-state index in [4.69, 9.17) is 16.3 Å². The van der Waals surface area contributed by atoms with E-state index in [2.05, 4.69) is 21.2 Å². The molecule has 0 aliphatic heterocycles. The molecule has 0 unspecified atom stereocenters. The number of rotatable bonds is 5. The van der Waals surface area contributed by atoms with Gasteiger partial charge >= 0.3 is 5.97 Å². The number of carbonyl (C=O) groups is 2. The summed E-state index contributed by atoms with van der Waals surface area (Å²) < 4.78 is 6.02. The van der Waals surface area contributed by atoms with E-state index in [0.717, 1.165) is 0 Å². The first-order valence-electron chi connectivity index (χ1n) is 8.72. The van der Waals surface area contributed by atoms with E-state index in [1.807, 2.05) is 12.1 Å². The van der Waals surface area contributed by atoms with Gasteiger partial charge in [-0.25, -0.2) is 4.79 Å². The third kappa shape index (κ3) is 5.57. The SMILES string of the molecule is N#C/C(=C\c1ccc(OC(=O)c2ccc(Cl)cc2)cc1)C(=O)Nc1ccccc1Br. The van der Waals surface area contributed by atoms with E-state index >= 15 is 0 Å². The molecule has 1 N–H and O–H groups in total. The molecule has 0 aromatic heterocycles. The van der Waals surface area contributed by atoms with Gasteiger partial charge in [0, 0.05) is 9.50 Å². The highest BCUT2D eigenvalue weighted by Crippen LogP contribution is 2.22. The molecule has 1 amide bonds. The Labute approximate surface area is 186 Å². The number of nitriles is 1. The van der Waals surface area contributed by atoms with Gasteiger partial charge in [0.2, 0.25) is 0 Å². The average Bonchev–Trinajstić information content (AvgIpc) is 2.75. The van der Waals surface area contributed by atoms with Crippen LogP contribution >= 0.6 is 27.5 Å². The number of nitrogens with one attached hydrogen (secondary N) is 1. The molecule has 0 saturated heterocycles. The van der Waals surface area contributed by atoms with Crippen LogP contribution in [0.15, 0.2) is 82.8 Å². The third-order valence-electron chi connectivity index (χ3n) is 3.97. The number of carbonyl (C=O) groups excluding carboxylic acids is 2. The van der Waals surface area contributed by atoms with Crippen LogP contribution in [0.25, 0.3) is 6.08 Å². The van der Waals surface area contributed by atoms with E-state index in [1.54, 1.807) is 66.7 Å². The van der Waals surface area contributed by atoms with Crippen molar-refractivity contribution in [1.29, 1.82) is 5.26 Å². The molecular weight excluding hydrogens is 468 g/mol. The highest BCUT2D eigenvalue weighted by Gasteiger charge is 2.12. The van der Waals surface area contributed by atoms with Gasteiger partial charge in [0.25, 0.3) is 5.91 Å². The number of ether oxygens (including phenoxy) is 1. The monoisotopic (exact) mass is 480 g/mol. The molecule has 30 heavy (non-hydrogen) atoms. The zero-order valence-corrected chi connectivity index (χ0v) is 17.8. The number of para-hydroxylation sites is 1. The topological polar surface area (TPSA) is 79.2 Å². The lowest BCUT2D eigenvalue weighted by molar-refractivity contribution is -0.112. The van der Waals surface area contributed by atoms with Crippen molar-refractivity contribution in [1.82, 2.24) is 0 Å². The molecular formula is C23H14BrClN2O3. The lowest BCUT2D eigenvalue weighted by Crippen LogP contribution is -2.13. The van der Waals surface area contributed by atoms with E-state index in [9.17, 15) is 14.9 Å². The fourth-order valence-electron chi connectivity index (χ4n) is 2.45. The van der Waals surface area contributed by atoms with Crippen LogP contribution < -0.4 is 10.1 Å². The van der Waals surface area contributed by atoms with Gasteiger partial charge in [-0.3, -0.25) is 4.79 Å². The van der Waals surface area contributed by atoms with Crippen molar-refractivity contribution >= 4 is 51.2 Å². The Morgan fingerprint density at radius 3 is 2.30 bits per heavy atom. The minimum absolute atomic E-state index is 0.0586. The first-order valence-corrected chi connectivity index (χ1v) is 9.89. The summed E-state index contributed by atoms with van der Waals surface area (Å²) in [5.41, 5.74) is 1.49. The Bertz CT molecular complexity index is 1150. The summed E-state index contributed by atoms with van der Waals surface area (Å²) in [4.78, 5) is 24.5. The summed E-state index contributed by atoms with van der Waals surface area (Å²) in [7, 11) is 0. The van der Waals surface area contributed by atoms with Crippen LogP contribution in [-0.4, -0.2) is 11.9 Å². The molecule has 3 rings (SSSR count). The van der Waals surface area contributed by atoms with Crippen LogP contribution in [0.5, 0.6) is 5.75 Å². The third-order valence-corrected chi connectivity index (χ3v) is 4.91. The number of anilines is 1. The molecule has 0 aliphatic rings. The van der Waals surface area contributed by atoms with Gasteiger partial charge in [0.15, 0.2) is 0 Å². The van der Waals surface area contributed by atoms with Crippen molar-refractivity contribution in [2.24, 2.45) is 0 Å². The highest BCUT2D eigenvalue weighted by molar-refractivity contribution is 9.10. The number of hydrogen-bond acceptors (Lipinski definition) is 4. The smallest absolute Gasteiger partial charge is 0.343 e. The van der Waals surface area contributed by atoms with Crippen molar-refractivity contribution < 1.29 is 14.3 Å². The lowest BCUT2D eigenvalue weighted by atomic mass is 10.1. The summed E-state index contributed by atoms with van der Waals surface area (Å²) >= 11 is 9.16. The maximum Gasteiger partial charge on any atom is 0.343 e. The molecule has 7 heteroatoms. The van der Waals surface area contributed by atoms with Crippen molar-refractivity contribution in [3.8, 4) is 11.8 Å². The Hall–Kier alpha value is -3.40. The summed E-state index contributed by atoms with van der Waals surface area (Å²) in [6.45, 7) is 0. The highest BCUT2D eigenvalue weighted by atomic mass is 79.9. The van der Waals surface area contributed by atoms with Crippen molar-refractivity contribution in [2.45, 2.75) is 0 Å². The quantitative estimate of drug-likeness (QED) is 0.214. The maximum absolute atomic E-state index is 12.4. The van der Waals surface area contributed by atoms with Gasteiger partial charge in [-0.2, -0.15) is 5.26 Å². The van der Waals surface area contributed by atoms with E-state index in [-0.39, 0.29) is 5.57 Å². The minimum atomic E-state index is -0.525. The number of esters is 1. The average molecular weight is 482 g/mol. The Balaban J connectivity index is 1.69. The van der Waals surface area contributed by atoms with Gasteiger partial charge in [-0.1, -0.05) is 35.9 Å². The summed E-state index contributed by atoms with van der Waals surface area (Å²) in [5, 5.41) is 12.6. The van der Waals surface area contributed by atoms with Crippen LogP contribution in [0.3, 0.4) is 0 Å². The molecule has 0 saturated carbocycles. The van der Waals surface area contributed by atoms with Crippen LogP contribution in [-0.2, 0) is 4.79 Å². The van der Waals surface area contributed by atoms with Crippen LogP contribution in [0.4, 0.5) is 5.69 Å². The predicted octanol–water partition coefficient (Wildman–Crippen LogP) is 5.87. The van der Waals surface area contributed by atoms with E-state index < -0.39 is 11.9 Å². The zero-order chi connectivity index (χ0) is 21.5. The first-order chi connectivity index (χ1) is 14.5. The van der Waals surface area contributed by atoms with Gasteiger partial charge in [0.05, 0.1) is 11.3 Å². The number of halogens is 2. The second-order valence-corrected chi connectivity index (χ2v) is 7.36. The standard InChI is InChI=1S/C23H14BrClN2O3/c24-20-3-1-2-4-21(20)27-22(28)17(14-26)13-15-5-11-19(12-6-15)30-23(29)16-7-9-18(25)10-8-16/h1-13H,(H,27,28)/b17-13+. The van der Waals surface area contributed by atoms with Gasteiger partial charge in [0.1, 0.15) is 17.4 Å². The molecule has 0 heterocycles. The van der Waals surface area contributed by atoms with E-state index in [1.165, 1.54) is 6.08 Å². The maximum atomic E-state index is 12.4. The summed E-state index contributed by atoms with van der Waals surface area (Å²) in [5.74, 6) is -0.702. The van der Waals surface area contributed by atoms with Crippen molar-refractivity contribution in [3.63, 3.8) is 0 Å². The lowest BCUT2D eigenvalue weighted by Gasteiger charge is -2.07. The van der Waals surface area contributed by atoms with Crippen molar-refractivity contribution in [2.75, 3.05) is 5.32 Å². The largest absolute Gasteiger partial charge is 0.423 e. The molecule has 0 bridgehead atoms. The van der Waals surface area contributed by atoms with Crippen molar-refractivity contribution in [3.05, 3.63) is 99.0 Å². The molecule has 3 aromatic carbocycles. The summed E-state index contributed by atoms with van der Waals surface area (Å²) in [6, 6.07) is 21.8. The number of hydrogen-bond donors (Lipinski definition) is 1. The first kappa shape index (κ1) is 21.3. The second kappa shape index (κ2) is 9.88. The fourth-order valence-corrected chi connectivity index (χ4v) is 2.96. The molecule has 148 valence electrons. The van der Waals surface area contributed by atoms with Gasteiger partial charge in [-0.15, -0.1) is 0 Å². The fraction of sp³-hybridized carbons (Fsp3) is 0. The molecule has 0 fully saturated rings. The number of amides is 1. The number of benzene rings is 3. The molecule has 5 nitrogen and oxygen atoms in total. The Morgan fingerprint density at radius 2 is 1.67 bits per heavy atom. The molecule has 0 radical (unpaired) electrons. The van der Waals surface area contributed by atoms with Crippen LogP contribution in [0, 0.1) is 11.3 Å². The molecule has 0 spiro atoms. The molecule has 0 aliphatic carbocycles. The minimum Gasteiger partial charge on any atom is -0.423 e. The van der Waals surface area contributed by atoms with Crippen LogP contribution in [0.2, 0.25) is 5.02 Å². The Kier molecular flexibility index (Phi) is 7.02. The van der Waals surface area contributed by atoms with Gasteiger partial charge < -0.3 is 10.1 Å².